The molecule has 1 nitrogen and oxygen atoms in total. The van der Waals surface area contributed by atoms with E-state index in [1.807, 2.05) is 6.07 Å². The molecule has 1 heterocycles. The third-order valence-corrected chi connectivity index (χ3v) is 6.15. The molecule has 0 saturated heterocycles. The van der Waals surface area contributed by atoms with E-state index in [1.165, 1.54) is 6.07 Å². The highest BCUT2D eigenvalue weighted by atomic mass is 79.9. The van der Waals surface area contributed by atoms with Crippen LogP contribution in [-0.4, -0.2) is 0 Å². The number of thiophene rings is 1. The third-order valence-electron chi connectivity index (χ3n) is 2.47. The van der Waals surface area contributed by atoms with Crippen LogP contribution in [-0.2, 0) is 6.42 Å². The molecule has 1 atom stereocenters. The summed E-state index contributed by atoms with van der Waals surface area (Å²) in [6, 6.07) is 6.56. The van der Waals surface area contributed by atoms with Crippen LogP contribution >= 0.6 is 54.8 Å². The number of hydrogen-bond acceptors (Lipinski definition) is 2. The van der Waals surface area contributed by atoms with Crippen LogP contribution in [0.1, 0.15) is 16.5 Å². The van der Waals surface area contributed by atoms with Gasteiger partial charge < -0.3 is 5.73 Å². The van der Waals surface area contributed by atoms with Gasteiger partial charge in [0.1, 0.15) is 5.82 Å². The Kier molecular flexibility index (Phi) is 4.83. The van der Waals surface area contributed by atoms with Crippen LogP contribution in [0.15, 0.2) is 32.5 Å². The van der Waals surface area contributed by atoms with E-state index in [0.29, 0.717) is 6.42 Å². The minimum absolute atomic E-state index is 0.126. The average Bonchev–Trinajstić information content (AvgIpc) is 2.65. The molecule has 2 N–H and O–H groups in total. The molecular formula is C12H9Br2ClFNS. The maximum absolute atomic E-state index is 13.0. The highest BCUT2D eigenvalue weighted by molar-refractivity contribution is 9.13. The lowest BCUT2D eigenvalue weighted by atomic mass is 10.1. The second-order valence-electron chi connectivity index (χ2n) is 3.83. The minimum Gasteiger partial charge on any atom is -0.323 e. The Hall–Kier alpha value is 0.0600. The summed E-state index contributed by atoms with van der Waals surface area (Å²) in [5.41, 5.74) is 7.05. The molecule has 6 heteroatoms. The summed E-state index contributed by atoms with van der Waals surface area (Å²) in [6.45, 7) is 0. The summed E-state index contributed by atoms with van der Waals surface area (Å²) in [5.74, 6) is -0.407. The molecule has 2 aromatic rings. The molecule has 0 spiro atoms. The van der Waals surface area contributed by atoms with Crippen LogP contribution in [0.3, 0.4) is 0 Å². The normalized spacial score (nSPS) is 12.7. The second kappa shape index (κ2) is 6.01. The van der Waals surface area contributed by atoms with Crippen molar-refractivity contribution in [3.05, 3.63) is 53.8 Å². The van der Waals surface area contributed by atoms with Crippen molar-refractivity contribution in [2.75, 3.05) is 0 Å². The lowest BCUT2D eigenvalue weighted by Gasteiger charge is -2.09. The maximum Gasteiger partial charge on any atom is 0.141 e. The largest absolute Gasteiger partial charge is 0.323 e. The van der Waals surface area contributed by atoms with Gasteiger partial charge in [-0.2, -0.15) is 0 Å². The van der Waals surface area contributed by atoms with Gasteiger partial charge in [0.2, 0.25) is 0 Å². The fraction of sp³-hybridized carbons (Fsp3) is 0.167. The Morgan fingerprint density at radius 2 is 2.06 bits per heavy atom. The van der Waals surface area contributed by atoms with Crippen LogP contribution in [0.2, 0.25) is 5.02 Å². The number of halogens is 4. The molecule has 1 aromatic heterocycles. The molecule has 0 aliphatic heterocycles. The Labute approximate surface area is 130 Å². The topological polar surface area (TPSA) is 26.0 Å². The Morgan fingerprint density at radius 3 is 2.61 bits per heavy atom. The van der Waals surface area contributed by atoms with Gasteiger partial charge in [-0.05, 0) is 62.0 Å². The van der Waals surface area contributed by atoms with Crippen molar-refractivity contribution in [3.63, 3.8) is 0 Å². The number of nitrogens with two attached hydrogens (primary N) is 1. The van der Waals surface area contributed by atoms with Crippen LogP contribution in [0.5, 0.6) is 0 Å². The molecule has 96 valence electrons. The molecule has 1 unspecified atom stereocenters. The first kappa shape index (κ1) is 14.5. The van der Waals surface area contributed by atoms with Crippen molar-refractivity contribution in [2.45, 2.75) is 12.5 Å². The zero-order valence-corrected chi connectivity index (χ0v) is 13.8. The molecule has 0 fully saturated rings. The van der Waals surface area contributed by atoms with E-state index in [4.69, 9.17) is 17.3 Å². The molecule has 0 amide bonds. The van der Waals surface area contributed by atoms with Crippen molar-refractivity contribution in [1.29, 1.82) is 0 Å². The summed E-state index contributed by atoms with van der Waals surface area (Å²) < 4.78 is 15.1. The van der Waals surface area contributed by atoms with Crippen LogP contribution in [0.4, 0.5) is 4.39 Å². The Bertz CT molecular complexity index is 554. The van der Waals surface area contributed by atoms with Crippen LogP contribution in [0.25, 0.3) is 0 Å². The minimum atomic E-state index is -0.407. The lowest BCUT2D eigenvalue weighted by molar-refractivity contribution is 0.626. The van der Waals surface area contributed by atoms with E-state index < -0.39 is 5.82 Å². The second-order valence-corrected chi connectivity index (χ2v) is 7.49. The summed E-state index contributed by atoms with van der Waals surface area (Å²) in [4.78, 5) is 1.06. The zero-order valence-electron chi connectivity index (χ0n) is 9.09. The van der Waals surface area contributed by atoms with Crippen molar-refractivity contribution in [2.24, 2.45) is 5.73 Å². The van der Waals surface area contributed by atoms with Gasteiger partial charge in [-0.25, -0.2) is 4.39 Å². The number of hydrogen-bond donors (Lipinski definition) is 1. The zero-order chi connectivity index (χ0) is 13.3. The first-order valence-corrected chi connectivity index (χ1v) is 7.89. The molecule has 0 aliphatic carbocycles. The van der Waals surface area contributed by atoms with Gasteiger partial charge in [-0.3, -0.25) is 0 Å². The highest BCUT2D eigenvalue weighted by Crippen LogP contribution is 2.35. The van der Waals surface area contributed by atoms with Crippen molar-refractivity contribution < 1.29 is 4.39 Å². The van der Waals surface area contributed by atoms with Gasteiger partial charge in [0.05, 0.1) is 8.81 Å². The van der Waals surface area contributed by atoms with Gasteiger partial charge >= 0.3 is 0 Å². The van der Waals surface area contributed by atoms with Crippen LogP contribution in [0, 0.1) is 5.82 Å². The molecule has 0 bridgehead atoms. The monoisotopic (exact) mass is 411 g/mol. The molecule has 0 saturated carbocycles. The first-order chi connectivity index (χ1) is 8.47. The molecule has 1 aromatic carbocycles. The van der Waals surface area contributed by atoms with Crippen molar-refractivity contribution in [1.82, 2.24) is 0 Å². The molecule has 0 radical (unpaired) electrons. The van der Waals surface area contributed by atoms with Gasteiger partial charge in [-0.15, -0.1) is 11.3 Å². The van der Waals surface area contributed by atoms with Crippen molar-refractivity contribution in [3.8, 4) is 0 Å². The molecular weight excluding hydrogens is 404 g/mol. The SMILES string of the molecule is NC(Cc1ccc(F)c(Cl)c1)c1cc(Br)c(Br)s1. The summed E-state index contributed by atoms with van der Waals surface area (Å²) in [7, 11) is 0. The van der Waals surface area contributed by atoms with Gasteiger partial charge in [0.25, 0.3) is 0 Å². The molecule has 2 rings (SSSR count). The highest BCUT2D eigenvalue weighted by Gasteiger charge is 2.13. The smallest absolute Gasteiger partial charge is 0.141 e. The predicted molar refractivity (Wildman–Crippen MR) is 81.8 cm³/mol. The van der Waals surface area contributed by atoms with Gasteiger partial charge in [0.15, 0.2) is 0 Å². The van der Waals surface area contributed by atoms with E-state index in [-0.39, 0.29) is 11.1 Å². The van der Waals surface area contributed by atoms with E-state index >= 15 is 0 Å². The van der Waals surface area contributed by atoms with Crippen LogP contribution < -0.4 is 5.73 Å². The first-order valence-electron chi connectivity index (χ1n) is 5.11. The summed E-state index contributed by atoms with van der Waals surface area (Å²) in [5, 5.41) is 0.133. The average molecular weight is 414 g/mol. The Morgan fingerprint density at radius 1 is 1.33 bits per heavy atom. The van der Waals surface area contributed by atoms with E-state index in [2.05, 4.69) is 31.9 Å². The summed E-state index contributed by atoms with van der Waals surface area (Å²) in [6.07, 6.45) is 0.624. The fourth-order valence-corrected chi connectivity index (χ4v) is 3.86. The maximum atomic E-state index is 13.0. The van der Waals surface area contributed by atoms with Gasteiger partial charge in [-0.1, -0.05) is 17.7 Å². The summed E-state index contributed by atoms with van der Waals surface area (Å²) >= 11 is 14.2. The predicted octanol–water partition coefficient (Wildman–Crippen LogP) is 5.31. The van der Waals surface area contributed by atoms with Crippen molar-refractivity contribution >= 4 is 54.8 Å². The van der Waals surface area contributed by atoms with E-state index in [0.717, 1.165) is 18.7 Å². The van der Waals surface area contributed by atoms with E-state index in [9.17, 15) is 4.39 Å². The molecule has 18 heavy (non-hydrogen) atoms. The van der Waals surface area contributed by atoms with E-state index in [1.54, 1.807) is 23.5 Å². The quantitative estimate of drug-likeness (QED) is 0.725. The lowest BCUT2D eigenvalue weighted by Crippen LogP contribution is -2.11. The standard InChI is InChI=1S/C12H9Br2ClFNS/c13-7-5-11(18-12(7)14)10(17)4-6-1-2-9(16)8(15)3-6/h1-3,5,10H,4,17H2. The number of rotatable bonds is 3. The number of benzene rings is 1. The van der Waals surface area contributed by atoms with Gasteiger partial charge in [0, 0.05) is 15.4 Å². The fourth-order valence-electron chi connectivity index (χ4n) is 1.57. The third kappa shape index (κ3) is 3.33. The Balaban J connectivity index is 2.15. The molecule has 0 aliphatic rings.